The molecule has 1 heterocycles. The van der Waals surface area contributed by atoms with Gasteiger partial charge in [0.2, 0.25) is 0 Å². The van der Waals surface area contributed by atoms with Gasteiger partial charge in [0.1, 0.15) is 18.1 Å². The Balaban J connectivity index is 1.90. The molecule has 130 valence electrons. The molecular weight excluding hydrogens is 354 g/mol. The van der Waals surface area contributed by atoms with E-state index in [-0.39, 0.29) is 34.4 Å². The van der Waals surface area contributed by atoms with E-state index in [2.05, 4.69) is 4.74 Å². The number of carbonyl (C=O) groups is 1. The molecule has 2 N–H and O–H groups in total. The predicted molar refractivity (Wildman–Crippen MR) is 89.9 cm³/mol. The normalized spacial score (nSPS) is 11.2. The average molecular weight is 371 g/mol. The average Bonchev–Trinajstić information content (AvgIpc) is 2.92. The summed E-state index contributed by atoms with van der Waals surface area (Å²) in [6.07, 6.45) is 0. The molecule has 0 amide bonds. The van der Waals surface area contributed by atoms with Gasteiger partial charge in [0.05, 0.1) is 17.7 Å². The smallest absolute Gasteiger partial charge is 0.350 e. The van der Waals surface area contributed by atoms with Crippen LogP contribution < -0.4 is 10.5 Å². The summed E-state index contributed by atoms with van der Waals surface area (Å²) in [4.78, 5) is 11.8. The van der Waals surface area contributed by atoms with Gasteiger partial charge in [-0.05, 0) is 19.1 Å². The van der Waals surface area contributed by atoms with Crippen LogP contribution >= 0.6 is 11.3 Å². The molecule has 2 aromatic rings. The second-order valence-corrected chi connectivity index (χ2v) is 7.27. The van der Waals surface area contributed by atoms with Gasteiger partial charge in [0.25, 0.3) is 10.1 Å². The zero-order chi connectivity index (χ0) is 17.7. The zero-order valence-corrected chi connectivity index (χ0v) is 14.8. The summed E-state index contributed by atoms with van der Waals surface area (Å²) >= 11 is 1.09. The monoisotopic (exact) mass is 371 g/mol. The van der Waals surface area contributed by atoms with Crippen LogP contribution in [0.5, 0.6) is 5.75 Å². The summed E-state index contributed by atoms with van der Waals surface area (Å²) in [7, 11) is -2.58. The first-order chi connectivity index (χ1) is 11.3. The third kappa shape index (κ3) is 4.25. The van der Waals surface area contributed by atoms with E-state index in [9.17, 15) is 13.2 Å². The fourth-order valence-electron chi connectivity index (χ4n) is 1.78. The third-order valence-corrected chi connectivity index (χ3v) is 5.33. The molecule has 0 aliphatic heterocycles. The quantitative estimate of drug-likeness (QED) is 0.452. The Morgan fingerprint density at radius 2 is 1.88 bits per heavy atom. The number of rotatable bonds is 7. The molecule has 9 heteroatoms. The van der Waals surface area contributed by atoms with Gasteiger partial charge in [-0.3, -0.25) is 4.18 Å². The SMILES string of the molecule is COC(=O)c1scc(OCCOS(=O)(=O)c2ccc(C)cc2)c1N. The lowest BCUT2D eigenvalue weighted by Crippen LogP contribution is -2.13. The largest absolute Gasteiger partial charge is 0.488 e. The maximum atomic E-state index is 12.0. The molecule has 0 unspecified atom stereocenters. The third-order valence-electron chi connectivity index (χ3n) is 3.05. The molecule has 0 fully saturated rings. The van der Waals surface area contributed by atoms with E-state index in [1.165, 1.54) is 19.2 Å². The van der Waals surface area contributed by atoms with Crippen LogP contribution in [-0.4, -0.2) is 34.7 Å². The van der Waals surface area contributed by atoms with Crippen molar-refractivity contribution < 1.29 is 26.9 Å². The van der Waals surface area contributed by atoms with E-state index in [1.54, 1.807) is 17.5 Å². The lowest BCUT2D eigenvalue weighted by atomic mass is 10.2. The highest BCUT2D eigenvalue weighted by Gasteiger charge is 2.18. The van der Waals surface area contributed by atoms with Crippen LogP contribution in [0.15, 0.2) is 34.5 Å². The molecule has 7 nitrogen and oxygen atoms in total. The molecule has 0 saturated carbocycles. The van der Waals surface area contributed by atoms with E-state index in [0.717, 1.165) is 16.9 Å². The molecule has 0 bridgehead atoms. The molecular formula is C15H17NO6S2. The number of anilines is 1. The second kappa shape index (κ2) is 7.65. The Bertz CT molecular complexity index is 811. The van der Waals surface area contributed by atoms with Gasteiger partial charge in [-0.15, -0.1) is 11.3 Å². The van der Waals surface area contributed by atoms with Crippen LogP contribution in [0.2, 0.25) is 0 Å². The topological polar surface area (TPSA) is 105 Å². The minimum atomic E-state index is -3.84. The van der Waals surface area contributed by atoms with Gasteiger partial charge in [-0.1, -0.05) is 17.7 Å². The summed E-state index contributed by atoms with van der Waals surface area (Å²) in [6, 6.07) is 6.33. The van der Waals surface area contributed by atoms with E-state index in [4.69, 9.17) is 14.7 Å². The standard InChI is InChI=1S/C15H17NO6S2/c1-10-3-5-11(6-4-10)24(18,19)22-8-7-21-12-9-23-14(13(12)16)15(17)20-2/h3-6,9H,7-8,16H2,1-2H3. The van der Waals surface area contributed by atoms with Gasteiger partial charge < -0.3 is 15.2 Å². The van der Waals surface area contributed by atoms with Crippen molar-refractivity contribution in [3.05, 3.63) is 40.1 Å². The Morgan fingerprint density at radius 1 is 1.21 bits per heavy atom. The number of ether oxygens (including phenoxy) is 2. The van der Waals surface area contributed by atoms with Crippen molar-refractivity contribution >= 4 is 33.1 Å². The second-order valence-electron chi connectivity index (χ2n) is 4.77. The van der Waals surface area contributed by atoms with Crippen LogP contribution in [-0.2, 0) is 19.0 Å². The highest BCUT2D eigenvalue weighted by atomic mass is 32.2. The van der Waals surface area contributed by atoms with Crippen LogP contribution in [0.25, 0.3) is 0 Å². The Hall–Kier alpha value is -2.10. The highest BCUT2D eigenvalue weighted by molar-refractivity contribution is 7.86. The van der Waals surface area contributed by atoms with Gasteiger partial charge in [0.15, 0.2) is 5.75 Å². The fourth-order valence-corrected chi connectivity index (χ4v) is 3.50. The van der Waals surface area contributed by atoms with Crippen molar-refractivity contribution in [2.45, 2.75) is 11.8 Å². The maximum Gasteiger partial charge on any atom is 0.350 e. The first kappa shape index (κ1) is 18.2. The van der Waals surface area contributed by atoms with Crippen LogP contribution in [0, 0.1) is 6.92 Å². The summed E-state index contributed by atoms with van der Waals surface area (Å²) < 4.78 is 38.8. The van der Waals surface area contributed by atoms with Crippen molar-refractivity contribution in [3.63, 3.8) is 0 Å². The summed E-state index contributed by atoms with van der Waals surface area (Å²) in [5.41, 5.74) is 6.89. The Labute approximate surface area is 144 Å². The predicted octanol–water partition coefficient (Wildman–Crippen LogP) is 2.21. The molecule has 0 spiro atoms. The number of benzene rings is 1. The van der Waals surface area contributed by atoms with Crippen molar-refractivity contribution in [1.82, 2.24) is 0 Å². The number of nitrogens with two attached hydrogens (primary N) is 1. The number of aryl methyl sites for hydroxylation is 1. The molecule has 0 atom stereocenters. The minimum absolute atomic E-state index is 0.0351. The van der Waals surface area contributed by atoms with Gasteiger partial charge in [0, 0.05) is 5.38 Å². The first-order valence-electron chi connectivity index (χ1n) is 6.89. The summed E-state index contributed by atoms with van der Waals surface area (Å²) in [5, 5.41) is 1.55. The lowest BCUT2D eigenvalue weighted by molar-refractivity contribution is 0.0607. The lowest BCUT2D eigenvalue weighted by Gasteiger charge is -2.08. The molecule has 0 saturated heterocycles. The molecule has 0 aliphatic carbocycles. The van der Waals surface area contributed by atoms with E-state index >= 15 is 0 Å². The van der Waals surface area contributed by atoms with Crippen LogP contribution in [0.1, 0.15) is 15.2 Å². The molecule has 0 aliphatic rings. The van der Waals surface area contributed by atoms with E-state index in [0.29, 0.717) is 0 Å². The van der Waals surface area contributed by atoms with Crippen LogP contribution in [0.4, 0.5) is 5.69 Å². The van der Waals surface area contributed by atoms with Crippen LogP contribution in [0.3, 0.4) is 0 Å². The Kier molecular flexibility index (Phi) is 5.81. The number of esters is 1. The van der Waals surface area contributed by atoms with E-state index in [1.807, 2.05) is 6.92 Å². The fraction of sp³-hybridized carbons (Fsp3) is 0.267. The first-order valence-corrected chi connectivity index (χ1v) is 9.18. The molecule has 1 aromatic heterocycles. The molecule has 1 aromatic carbocycles. The van der Waals surface area contributed by atoms with E-state index < -0.39 is 16.1 Å². The Morgan fingerprint density at radius 3 is 2.50 bits per heavy atom. The number of thiophene rings is 1. The van der Waals surface area contributed by atoms with Crippen molar-refractivity contribution in [1.29, 1.82) is 0 Å². The molecule has 0 radical (unpaired) electrons. The van der Waals surface area contributed by atoms with Crippen molar-refractivity contribution in [2.24, 2.45) is 0 Å². The number of nitrogen functional groups attached to an aromatic ring is 1. The summed E-state index contributed by atoms with van der Waals surface area (Å²) in [5.74, 6) is -0.262. The number of carbonyl (C=O) groups excluding carboxylic acids is 1. The minimum Gasteiger partial charge on any atom is -0.488 e. The molecule has 2 rings (SSSR count). The van der Waals surface area contributed by atoms with Gasteiger partial charge in [-0.25, -0.2) is 4.79 Å². The number of hydrogen-bond donors (Lipinski definition) is 1. The van der Waals surface area contributed by atoms with Crippen molar-refractivity contribution in [3.8, 4) is 5.75 Å². The van der Waals surface area contributed by atoms with Gasteiger partial charge in [-0.2, -0.15) is 8.42 Å². The number of methoxy groups -OCH3 is 1. The summed E-state index contributed by atoms with van der Waals surface area (Å²) in [6.45, 7) is 1.64. The maximum absolute atomic E-state index is 12.0. The van der Waals surface area contributed by atoms with Gasteiger partial charge >= 0.3 is 5.97 Å². The number of hydrogen-bond acceptors (Lipinski definition) is 8. The van der Waals surface area contributed by atoms with Crippen molar-refractivity contribution in [2.75, 3.05) is 26.1 Å². The highest BCUT2D eigenvalue weighted by Crippen LogP contribution is 2.32. The molecule has 24 heavy (non-hydrogen) atoms. The zero-order valence-electron chi connectivity index (χ0n) is 13.1.